The van der Waals surface area contributed by atoms with Gasteiger partial charge in [-0.25, -0.2) is 0 Å². The monoisotopic (exact) mass is 239 g/mol. The van der Waals surface area contributed by atoms with Gasteiger partial charge in [-0.05, 0) is 25.8 Å². The third-order valence-electron chi connectivity index (χ3n) is 2.97. The van der Waals surface area contributed by atoms with E-state index in [0.29, 0.717) is 23.8 Å². The Morgan fingerprint density at radius 3 is 2.76 bits per heavy atom. The lowest BCUT2D eigenvalue weighted by atomic mass is 9.95. The third-order valence-corrected chi connectivity index (χ3v) is 2.97. The second-order valence-electron chi connectivity index (χ2n) is 4.30. The molecule has 1 aromatic rings. The molecule has 0 saturated heterocycles. The zero-order valence-corrected chi connectivity index (χ0v) is 10.7. The summed E-state index contributed by atoms with van der Waals surface area (Å²) in [6.07, 6.45) is 1.51. The number of pyridine rings is 1. The van der Waals surface area contributed by atoms with Crippen molar-refractivity contribution in [1.29, 1.82) is 0 Å². The van der Waals surface area contributed by atoms with E-state index in [1.54, 1.807) is 19.2 Å². The molecule has 0 bridgehead atoms. The third kappa shape index (κ3) is 3.49. The van der Waals surface area contributed by atoms with Crippen LogP contribution in [0.2, 0.25) is 0 Å². The maximum Gasteiger partial charge on any atom is 0.215 e. The maximum atomic E-state index is 9.06. The van der Waals surface area contributed by atoms with Gasteiger partial charge in [-0.3, -0.25) is 0 Å². The van der Waals surface area contributed by atoms with E-state index >= 15 is 0 Å². The molecule has 1 unspecified atom stereocenters. The molecule has 0 aliphatic carbocycles. The molecule has 0 aliphatic heterocycles. The van der Waals surface area contributed by atoms with Crippen LogP contribution in [0.4, 0.5) is 11.5 Å². The molecule has 1 heterocycles. The average molecular weight is 239 g/mol. The zero-order chi connectivity index (χ0) is 12.9. The molecular weight excluding hydrogens is 218 g/mol. The van der Waals surface area contributed by atoms with Gasteiger partial charge in [-0.15, -0.1) is 0 Å². The number of aliphatic hydroxyl groups is 1. The minimum Gasteiger partial charge on any atom is -0.481 e. The summed E-state index contributed by atoms with van der Waals surface area (Å²) in [5.74, 6) is 1.12. The Labute approximate surface area is 102 Å². The van der Waals surface area contributed by atoms with Gasteiger partial charge in [-0.2, -0.15) is 4.98 Å². The summed E-state index contributed by atoms with van der Waals surface area (Å²) in [5.41, 5.74) is 6.21. The molecule has 0 spiro atoms. The van der Waals surface area contributed by atoms with Crippen molar-refractivity contribution in [3.8, 4) is 5.88 Å². The predicted molar refractivity (Wildman–Crippen MR) is 69.2 cm³/mol. The molecule has 96 valence electrons. The molecule has 1 atom stereocenters. The minimum absolute atomic E-state index is 0.126. The number of nitrogen functional groups attached to an aromatic ring is 1. The Bertz CT molecular complexity index is 371. The smallest absolute Gasteiger partial charge is 0.215 e. The molecule has 5 nitrogen and oxygen atoms in total. The van der Waals surface area contributed by atoms with Crippen molar-refractivity contribution < 1.29 is 9.84 Å². The topological polar surface area (TPSA) is 80.4 Å². The second kappa shape index (κ2) is 5.72. The maximum absolute atomic E-state index is 9.06. The summed E-state index contributed by atoms with van der Waals surface area (Å²) in [6.45, 7) is 4.21. The van der Waals surface area contributed by atoms with Crippen molar-refractivity contribution in [2.75, 3.05) is 24.8 Å². The highest BCUT2D eigenvalue weighted by Crippen LogP contribution is 2.26. The molecule has 0 amide bonds. The first-order chi connectivity index (χ1) is 8.04. The number of ether oxygens (including phenoxy) is 1. The quantitative estimate of drug-likeness (QED) is 0.703. The highest BCUT2D eigenvalue weighted by molar-refractivity contribution is 5.63. The van der Waals surface area contributed by atoms with Crippen molar-refractivity contribution in [2.24, 2.45) is 0 Å². The molecule has 17 heavy (non-hydrogen) atoms. The van der Waals surface area contributed by atoms with E-state index in [-0.39, 0.29) is 12.1 Å². The van der Waals surface area contributed by atoms with Crippen LogP contribution < -0.4 is 15.8 Å². The number of aliphatic hydroxyl groups excluding tert-OH is 1. The van der Waals surface area contributed by atoms with Crippen LogP contribution in [0.25, 0.3) is 0 Å². The van der Waals surface area contributed by atoms with Crippen LogP contribution in [0.1, 0.15) is 26.7 Å². The Hall–Kier alpha value is -1.49. The van der Waals surface area contributed by atoms with Gasteiger partial charge in [0.15, 0.2) is 5.82 Å². The van der Waals surface area contributed by atoms with Gasteiger partial charge >= 0.3 is 0 Å². The van der Waals surface area contributed by atoms with Gasteiger partial charge in [0.2, 0.25) is 5.88 Å². The van der Waals surface area contributed by atoms with E-state index in [1.165, 1.54) is 0 Å². The van der Waals surface area contributed by atoms with Gasteiger partial charge in [0.1, 0.15) is 0 Å². The summed E-state index contributed by atoms with van der Waals surface area (Å²) in [7, 11) is 1.56. The van der Waals surface area contributed by atoms with Crippen molar-refractivity contribution in [1.82, 2.24) is 4.98 Å². The van der Waals surface area contributed by atoms with E-state index in [0.717, 1.165) is 6.42 Å². The lowest BCUT2D eigenvalue weighted by Gasteiger charge is -2.30. The van der Waals surface area contributed by atoms with E-state index in [9.17, 15) is 0 Å². The lowest BCUT2D eigenvalue weighted by Crippen LogP contribution is -2.35. The number of rotatable bonds is 6. The van der Waals surface area contributed by atoms with Gasteiger partial charge in [0, 0.05) is 18.2 Å². The first kappa shape index (κ1) is 13.6. The molecule has 1 aromatic heterocycles. The molecule has 4 N–H and O–H groups in total. The minimum atomic E-state index is -0.220. The number of aromatic nitrogens is 1. The van der Waals surface area contributed by atoms with Gasteiger partial charge in [0.25, 0.3) is 0 Å². The summed E-state index contributed by atoms with van der Waals surface area (Å²) < 4.78 is 5.06. The highest BCUT2D eigenvalue weighted by atomic mass is 16.5. The summed E-state index contributed by atoms with van der Waals surface area (Å²) in [5, 5.41) is 12.3. The van der Waals surface area contributed by atoms with Crippen LogP contribution in [0.3, 0.4) is 0 Å². The number of nitrogens with one attached hydrogen (secondary N) is 1. The molecule has 0 radical (unpaired) electrons. The fourth-order valence-electron chi connectivity index (χ4n) is 1.53. The SMILES string of the molecule is CCC(C)(CCO)Nc1nc(OC)ccc1N. The molecule has 0 saturated carbocycles. The largest absolute Gasteiger partial charge is 0.481 e. The Morgan fingerprint density at radius 1 is 1.53 bits per heavy atom. The summed E-state index contributed by atoms with van der Waals surface area (Å²) >= 11 is 0. The molecule has 5 heteroatoms. The van der Waals surface area contributed by atoms with Crippen molar-refractivity contribution in [2.45, 2.75) is 32.2 Å². The number of hydrogen-bond acceptors (Lipinski definition) is 5. The number of anilines is 2. The van der Waals surface area contributed by atoms with Crippen molar-refractivity contribution >= 4 is 11.5 Å². The Morgan fingerprint density at radius 2 is 2.24 bits per heavy atom. The number of hydrogen-bond donors (Lipinski definition) is 3. The number of nitrogens with zero attached hydrogens (tertiary/aromatic N) is 1. The molecule has 0 aliphatic rings. The van der Waals surface area contributed by atoms with Gasteiger partial charge in [-0.1, -0.05) is 6.92 Å². The predicted octanol–water partition coefficient (Wildman–Crippen LogP) is 1.64. The van der Waals surface area contributed by atoms with Crippen LogP contribution in [-0.4, -0.2) is 29.3 Å². The molecule has 0 fully saturated rings. The standard InChI is InChI=1S/C12H21N3O2/c1-4-12(2,7-8-16)15-11-9(13)5-6-10(14-11)17-3/h5-6,16H,4,7-8,13H2,1-3H3,(H,14,15). The Balaban J connectivity index is 2.92. The van der Waals surface area contributed by atoms with Crippen LogP contribution in [0.5, 0.6) is 5.88 Å². The van der Waals surface area contributed by atoms with Crippen LogP contribution in [0.15, 0.2) is 12.1 Å². The van der Waals surface area contributed by atoms with Gasteiger partial charge < -0.3 is 20.9 Å². The second-order valence-corrected chi connectivity index (χ2v) is 4.30. The number of nitrogens with two attached hydrogens (primary N) is 1. The fourth-order valence-corrected chi connectivity index (χ4v) is 1.53. The first-order valence-electron chi connectivity index (χ1n) is 5.74. The fraction of sp³-hybridized carbons (Fsp3) is 0.583. The van der Waals surface area contributed by atoms with Crippen LogP contribution in [0, 0.1) is 0 Å². The molecule has 0 aromatic carbocycles. The molecule has 1 rings (SSSR count). The van der Waals surface area contributed by atoms with Crippen LogP contribution >= 0.6 is 0 Å². The molecular formula is C12H21N3O2. The first-order valence-corrected chi connectivity index (χ1v) is 5.74. The van der Waals surface area contributed by atoms with Crippen molar-refractivity contribution in [3.05, 3.63) is 12.1 Å². The van der Waals surface area contributed by atoms with E-state index in [2.05, 4.69) is 17.2 Å². The number of methoxy groups -OCH3 is 1. The van der Waals surface area contributed by atoms with Crippen LogP contribution in [-0.2, 0) is 0 Å². The normalized spacial score (nSPS) is 14.1. The van der Waals surface area contributed by atoms with E-state index < -0.39 is 0 Å². The highest BCUT2D eigenvalue weighted by Gasteiger charge is 2.22. The Kier molecular flexibility index (Phi) is 4.57. The van der Waals surface area contributed by atoms with E-state index in [1.807, 2.05) is 6.92 Å². The van der Waals surface area contributed by atoms with Crippen molar-refractivity contribution in [3.63, 3.8) is 0 Å². The summed E-state index contributed by atoms with van der Waals surface area (Å²) in [4.78, 5) is 4.27. The van der Waals surface area contributed by atoms with Gasteiger partial charge in [0.05, 0.1) is 12.8 Å². The van der Waals surface area contributed by atoms with E-state index in [4.69, 9.17) is 15.6 Å². The average Bonchev–Trinajstić information content (AvgIpc) is 2.32. The lowest BCUT2D eigenvalue weighted by molar-refractivity contribution is 0.251. The summed E-state index contributed by atoms with van der Waals surface area (Å²) in [6, 6.07) is 3.47. The zero-order valence-electron chi connectivity index (χ0n) is 10.7.